The minimum absolute atomic E-state index is 0.134. The number of carbonyl (C=O) groups is 2. The topological polar surface area (TPSA) is 92.4 Å². The van der Waals surface area contributed by atoms with Crippen molar-refractivity contribution < 1.29 is 19.1 Å². The number of hydrogen-bond donors (Lipinski definition) is 2. The van der Waals surface area contributed by atoms with E-state index in [0.717, 1.165) is 25.7 Å². The van der Waals surface area contributed by atoms with E-state index < -0.39 is 17.9 Å². The van der Waals surface area contributed by atoms with E-state index >= 15 is 0 Å². The van der Waals surface area contributed by atoms with Gasteiger partial charge in [-0.3, -0.25) is 4.79 Å². The number of aryl methyl sites for hydroxylation is 1. The lowest BCUT2D eigenvalue weighted by molar-refractivity contribution is -0.139. The van der Waals surface area contributed by atoms with E-state index in [1.54, 1.807) is 6.92 Å². The number of carboxylic acids is 1. The maximum absolute atomic E-state index is 12.1. The van der Waals surface area contributed by atoms with E-state index in [9.17, 15) is 9.59 Å². The number of rotatable bonds is 7. The van der Waals surface area contributed by atoms with Crippen molar-refractivity contribution in [3.63, 3.8) is 0 Å². The standard InChI is InChI=1S/C14H20N2O4/c1-3-4-5-10(14(18)19)16-12(17)11-8(2)15-13(20-11)9-6-7-9/h9-10H,3-7H2,1-2H3,(H,16,17)(H,18,19). The Labute approximate surface area is 117 Å². The van der Waals surface area contributed by atoms with Crippen LogP contribution >= 0.6 is 0 Å². The van der Waals surface area contributed by atoms with E-state index in [1.807, 2.05) is 6.92 Å². The lowest BCUT2D eigenvalue weighted by Gasteiger charge is -2.12. The summed E-state index contributed by atoms with van der Waals surface area (Å²) in [4.78, 5) is 27.4. The third-order valence-corrected chi connectivity index (χ3v) is 3.40. The molecule has 0 aromatic carbocycles. The van der Waals surface area contributed by atoms with Crippen LogP contribution in [0.2, 0.25) is 0 Å². The number of nitrogens with one attached hydrogen (secondary N) is 1. The largest absolute Gasteiger partial charge is 0.480 e. The minimum Gasteiger partial charge on any atom is -0.480 e. The SMILES string of the molecule is CCCCC(NC(=O)c1oc(C2CC2)nc1C)C(=O)O. The molecular formula is C14H20N2O4. The molecule has 6 nitrogen and oxygen atoms in total. The smallest absolute Gasteiger partial charge is 0.326 e. The molecule has 0 aliphatic heterocycles. The second-order valence-electron chi connectivity index (χ2n) is 5.25. The Morgan fingerprint density at radius 1 is 1.50 bits per heavy atom. The van der Waals surface area contributed by atoms with E-state index in [2.05, 4.69) is 10.3 Å². The summed E-state index contributed by atoms with van der Waals surface area (Å²) in [7, 11) is 0. The van der Waals surface area contributed by atoms with Gasteiger partial charge in [0.25, 0.3) is 5.91 Å². The second-order valence-corrected chi connectivity index (χ2v) is 5.25. The molecule has 1 saturated carbocycles. The first-order chi connectivity index (χ1) is 9.52. The van der Waals surface area contributed by atoms with Crippen molar-refractivity contribution in [2.24, 2.45) is 0 Å². The van der Waals surface area contributed by atoms with Gasteiger partial charge in [0.15, 0.2) is 5.89 Å². The van der Waals surface area contributed by atoms with Crippen LogP contribution in [-0.4, -0.2) is 28.0 Å². The quantitative estimate of drug-likeness (QED) is 0.799. The number of oxazole rings is 1. The van der Waals surface area contributed by atoms with Crippen LogP contribution in [0, 0.1) is 6.92 Å². The van der Waals surface area contributed by atoms with Gasteiger partial charge in [0.05, 0.1) is 5.69 Å². The summed E-state index contributed by atoms with van der Waals surface area (Å²) >= 11 is 0. The molecule has 110 valence electrons. The van der Waals surface area contributed by atoms with Gasteiger partial charge in [-0.1, -0.05) is 19.8 Å². The first-order valence-electron chi connectivity index (χ1n) is 7.04. The normalized spacial score (nSPS) is 15.9. The summed E-state index contributed by atoms with van der Waals surface area (Å²) in [5, 5.41) is 11.6. The van der Waals surface area contributed by atoms with Gasteiger partial charge in [0.1, 0.15) is 6.04 Å². The zero-order valence-corrected chi connectivity index (χ0v) is 11.8. The molecule has 1 atom stereocenters. The second kappa shape index (κ2) is 6.07. The van der Waals surface area contributed by atoms with Crippen LogP contribution in [0.1, 0.15) is 67.1 Å². The molecule has 20 heavy (non-hydrogen) atoms. The van der Waals surface area contributed by atoms with Gasteiger partial charge in [-0.2, -0.15) is 0 Å². The number of carbonyl (C=O) groups excluding carboxylic acids is 1. The van der Waals surface area contributed by atoms with Crippen molar-refractivity contribution in [1.82, 2.24) is 10.3 Å². The molecule has 1 aliphatic rings. The van der Waals surface area contributed by atoms with Crippen LogP contribution < -0.4 is 5.32 Å². The molecular weight excluding hydrogens is 260 g/mol. The Kier molecular flexibility index (Phi) is 4.42. The van der Waals surface area contributed by atoms with Crippen molar-refractivity contribution in [3.05, 3.63) is 17.3 Å². The van der Waals surface area contributed by atoms with Crippen LogP contribution in [0.5, 0.6) is 0 Å². The fourth-order valence-corrected chi connectivity index (χ4v) is 2.02. The fraction of sp³-hybridized carbons (Fsp3) is 0.643. The molecule has 0 bridgehead atoms. The van der Waals surface area contributed by atoms with Gasteiger partial charge in [-0.25, -0.2) is 9.78 Å². The number of aromatic nitrogens is 1. The molecule has 1 amide bonds. The van der Waals surface area contributed by atoms with Gasteiger partial charge >= 0.3 is 5.97 Å². The van der Waals surface area contributed by atoms with Gasteiger partial charge in [0.2, 0.25) is 5.76 Å². The molecule has 1 aromatic rings. The van der Waals surface area contributed by atoms with Crippen molar-refractivity contribution >= 4 is 11.9 Å². The molecule has 0 saturated heterocycles. The molecule has 2 rings (SSSR count). The molecule has 6 heteroatoms. The summed E-state index contributed by atoms with van der Waals surface area (Å²) in [5.41, 5.74) is 0.518. The molecule has 1 unspecified atom stereocenters. The Morgan fingerprint density at radius 3 is 2.75 bits per heavy atom. The van der Waals surface area contributed by atoms with E-state index in [1.165, 1.54) is 0 Å². The van der Waals surface area contributed by atoms with E-state index in [0.29, 0.717) is 23.9 Å². The van der Waals surface area contributed by atoms with Crippen molar-refractivity contribution in [3.8, 4) is 0 Å². The third kappa shape index (κ3) is 3.37. The molecule has 2 N–H and O–H groups in total. The van der Waals surface area contributed by atoms with Crippen LogP contribution in [-0.2, 0) is 4.79 Å². The van der Waals surface area contributed by atoms with Crippen molar-refractivity contribution in [1.29, 1.82) is 0 Å². The highest BCUT2D eigenvalue weighted by Gasteiger charge is 2.31. The summed E-state index contributed by atoms with van der Waals surface area (Å²) in [6.45, 7) is 3.68. The minimum atomic E-state index is -1.02. The summed E-state index contributed by atoms with van der Waals surface area (Å²) in [5.74, 6) is -0.467. The van der Waals surface area contributed by atoms with Crippen LogP contribution in [0.3, 0.4) is 0 Å². The molecule has 0 spiro atoms. The van der Waals surface area contributed by atoms with Gasteiger partial charge in [-0.15, -0.1) is 0 Å². The van der Waals surface area contributed by atoms with Gasteiger partial charge < -0.3 is 14.8 Å². The molecule has 1 aromatic heterocycles. The molecule has 1 aliphatic carbocycles. The number of nitrogens with zero attached hydrogens (tertiary/aromatic N) is 1. The molecule has 1 fully saturated rings. The highest BCUT2D eigenvalue weighted by atomic mass is 16.4. The monoisotopic (exact) mass is 280 g/mol. The van der Waals surface area contributed by atoms with Gasteiger partial charge in [0, 0.05) is 5.92 Å². The highest BCUT2D eigenvalue weighted by Crippen LogP contribution is 2.40. The van der Waals surface area contributed by atoms with Gasteiger partial charge in [-0.05, 0) is 26.2 Å². The van der Waals surface area contributed by atoms with Crippen molar-refractivity contribution in [2.45, 2.75) is 57.9 Å². The fourth-order valence-electron chi connectivity index (χ4n) is 2.02. The Hall–Kier alpha value is -1.85. The van der Waals surface area contributed by atoms with Crippen molar-refractivity contribution in [2.75, 3.05) is 0 Å². The number of hydrogen-bond acceptors (Lipinski definition) is 4. The first kappa shape index (κ1) is 14.6. The maximum Gasteiger partial charge on any atom is 0.326 e. The number of unbranched alkanes of at least 4 members (excludes halogenated alkanes) is 1. The van der Waals surface area contributed by atoms with E-state index in [-0.39, 0.29) is 5.76 Å². The summed E-state index contributed by atoms with van der Waals surface area (Å²) in [6.07, 6.45) is 4.12. The average molecular weight is 280 g/mol. The lowest BCUT2D eigenvalue weighted by Crippen LogP contribution is -2.40. The van der Waals surface area contributed by atoms with Crippen LogP contribution in [0.15, 0.2) is 4.42 Å². The van der Waals surface area contributed by atoms with E-state index in [4.69, 9.17) is 9.52 Å². The maximum atomic E-state index is 12.1. The number of carboxylic acid groups (broad SMARTS) is 1. The highest BCUT2D eigenvalue weighted by molar-refractivity contribution is 5.95. The molecule has 1 heterocycles. The Balaban J connectivity index is 2.03. The Morgan fingerprint density at radius 2 is 2.20 bits per heavy atom. The predicted octanol–water partition coefficient (Wildman–Crippen LogP) is 2.23. The predicted molar refractivity (Wildman–Crippen MR) is 71.6 cm³/mol. The number of aliphatic carboxylic acids is 1. The van der Waals surface area contributed by atoms with Crippen LogP contribution in [0.25, 0.3) is 0 Å². The summed E-state index contributed by atoms with van der Waals surface area (Å²) in [6, 6.07) is -0.878. The third-order valence-electron chi connectivity index (χ3n) is 3.40. The first-order valence-corrected chi connectivity index (χ1v) is 7.04. The zero-order chi connectivity index (χ0) is 14.7. The average Bonchev–Trinajstić information content (AvgIpc) is 3.17. The summed E-state index contributed by atoms with van der Waals surface area (Å²) < 4.78 is 5.47. The Bertz CT molecular complexity index is 505. The van der Waals surface area contributed by atoms with Crippen LogP contribution in [0.4, 0.5) is 0 Å². The molecule has 0 radical (unpaired) electrons. The number of amides is 1. The zero-order valence-electron chi connectivity index (χ0n) is 11.8. The lowest BCUT2D eigenvalue weighted by atomic mass is 10.1.